The first-order chi connectivity index (χ1) is 8.22. The summed E-state index contributed by atoms with van der Waals surface area (Å²) in [4.78, 5) is 15.2. The van der Waals surface area contributed by atoms with Crippen LogP contribution < -0.4 is 0 Å². The van der Waals surface area contributed by atoms with E-state index < -0.39 is 0 Å². The van der Waals surface area contributed by atoms with Crippen LogP contribution in [0.3, 0.4) is 0 Å². The average molecular weight is 250 g/mol. The molecule has 0 spiro atoms. The molecule has 0 unspecified atom stereocenters. The summed E-state index contributed by atoms with van der Waals surface area (Å²) in [6, 6.07) is 5.66. The second kappa shape index (κ2) is 5.15. The van der Waals surface area contributed by atoms with Crippen molar-refractivity contribution < 1.29 is 9.53 Å². The molecule has 0 saturated heterocycles. The number of carbonyl (C=O) groups is 1. The number of benzene rings is 1. The molecule has 0 saturated carbocycles. The van der Waals surface area contributed by atoms with Crippen molar-refractivity contribution in [3.05, 3.63) is 41.2 Å². The Labute approximate surface area is 104 Å². The molecule has 88 valence electrons. The summed E-state index contributed by atoms with van der Waals surface area (Å²) >= 11 is 6.16. The third kappa shape index (κ3) is 2.56. The Morgan fingerprint density at radius 2 is 2.24 bits per heavy atom. The van der Waals surface area contributed by atoms with E-state index in [-0.39, 0.29) is 5.97 Å². The van der Waals surface area contributed by atoms with Crippen LogP contribution in [-0.4, -0.2) is 18.1 Å². The fourth-order valence-corrected chi connectivity index (χ4v) is 2.05. The monoisotopic (exact) mass is 249 g/mol. The zero-order chi connectivity index (χ0) is 12.3. The van der Waals surface area contributed by atoms with Gasteiger partial charge in [0.2, 0.25) is 0 Å². The zero-order valence-corrected chi connectivity index (χ0v) is 10.2. The summed E-state index contributed by atoms with van der Waals surface area (Å²) in [6.07, 6.45) is 4.41. The second-order valence-corrected chi connectivity index (χ2v) is 4.11. The number of aromatic nitrogens is 1. The lowest BCUT2D eigenvalue weighted by molar-refractivity contribution is -0.140. The van der Waals surface area contributed by atoms with E-state index in [1.54, 1.807) is 12.4 Å². The van der Waals surface area contributed by atoms with Gasteiger partial charge in [0.15, 0.2) is 0 Å². The first kappa shape index (κ1) is 11.9. The van der Waals surface area contributed by atoms with E-state index in [9.17, 15) is 4.79 Å². The highest BCUT2D eigenvalue weighted by Gasteiger charge is 2.08. The maximum Gasteiger partial charge on any atom is 0.305 e. The number of rotatable bonds is 3. The van der Waals surface area contributed by atoms with Crippen molar-refractivity contribution in [3.8, 4) is 0 Å². The van der Waals surface area contributed by atoms with Crippen molar-refractivity contribution in [3.63, 3.8) is 0 Å². The molecular formula is C13H12ClNO2. The standard InChI is InChI=1S/C13H12ClNO2/c1-17-13(16)5-3-11-10-6-7-15-8-9(10)2-4-12(11)14/h2,4,6-8H,3,5H2,1H3. The summed E-state index contributed by atoms with van der Waals surface area (Å²) in [5.74, 6) is -0.230. The van der Waals surface area contributed by atoms with Crippen LogP contribution in [0, 0.1) is 0 Å². The number of hydrogen-bond acceptors (Lipinski definition) is 3. The van der Waals surface area contributed by atoms with Gasteiger partial charge >= 0.3 is 5.97 Å². The molecule has 0 bridgehead atoms. The fourth-order valence-electron chi connectivity index (χ4n) is 1.79. The van der Waals surface area contributed by atoms with Gasteiger partial charge in [-0.15, -0.1) is 0 Å². The van der Waals surface area contributed by atoms with E-state index in [1.807, 2.05) is 18.2 Å². The third-order valence-electron chi connectivity index (χ3n) is 2.68. The number of fused-ring (bicyclic) bond motifs is 1. The molecule has 0 aliphatic rings. The SMILES string of the molecule is COC(=O)CCc1c(Cl)ccc2cnccc12. The molecule has 2 rings (SSSR count). The van der Waals surface area contributed by atoms with Crippen LogP contribution >= 0.6 is 11.6 Å². The second-order valence-electron chi connectivity index (χ2n) is 3.70. The average Bonchev–Trinajstić information content (AvgIpc) is 2.37. The Hall–Kier alpha value is -1.61. The van der Waals surface area contributed by atoms with Crippen LogP contribution in [-0.2, 0) is 16.0 Å². The molecule has 1 aromatic heterocycles. The molecule has 0 aliphatic carbocycles. The Balaban J connectivity index is 2.37. The molecule has 2 aromatic rings. The molecule has 3 nitrogen and oxygen atoms in total. The van der Waals surface area contributed by atoms with Gasteiger partial charge in [-0.2, -0.15) is 0 Å². The molecule has 4 heteroatoms. The van der Waals surface area contributed by atoms with Gasteiger partial charge in [-0.25, -0.2) is 0 Å². The third-order valence-corrected chi connectivity index (χ3v) is 3.04. The van der Waals surface area contributed by atoms with Crippen LogP contribution in [0.2, 0.25) is 5.02 Å². The van der Waals surface area contributed by atoms with Crippen LogP contribution in [0.1, 0.15) is 12.0 Å². The number of pyridine rings is 1. The number of hydrogen-bond donors (Lipinski definition) is 0. The quantitative estimate of drug-likeness (QED) is 0.785. The van der Waals surface area contributed by atoms with Gasteiger partial charge < -0.3 is 4.74 Å². The van der Waals surface area contributed by atoms with Crippen molar-refractivity contribution >= 4 is 28.3 Å². The molecule has 17 heavy (non-hydrogen) atoms. The summed E-state index contributed by atoms with van der Waals surface area (Å²) in [5.41, 5.74) is 0.969. The van der Waals surface area contributed by atoms with Crippen molar-refractivity contribution in [2.75, 3.05) is 7.11 Å². The molecule has 1 aromatic carbocycles. The van der Waals surface area contributed by atoms with Gasteiger partial charge in [0.1, 0.15) is 0 Å². The molecular weight excluding hydrogens is 238 g/mol. The molecule has 0 aliphatic heterocycles. The predicted octanol–water partition coefficient (Wildman–Crippen LogP) is 2.99. The molecule has 0 radical (unpaired) electrons. The van der Waals surface area contributed by atoms with Crippen molar-refractivity contribution in [2.45, 2.75) is 12.8 Å². The van der Waals surface area contributed by atoms with E-state index in [4.69, 9.17) is 11.6 Å². The summed E-state index contributed by atoms with van der Waals surface area (Å²) in [6.45, 7) is 0. The summed E-state index contributed by atoms with van der Waals surface area (Å²) in [5, 5.41) is 2.74. The van der Waals surface area contributed by atoms with Gasteiger partial charge in [0, 0.05) is 29.2 Å². The van der Waals surface area contributed by atoms with E-state index >= 15 is 0 Å². The van der Waals surface area contributed by atoms with Crippen molar-refractivity contribution in [2.24, 2.45) is 0 Å². The Kier molecular flexibility index (Phi) is 3.59. The predicted molar refractivity (Wildman–Crippen MR) is 67.1 cm³/mol. The van der Waals surface area contributed by atoms with E-state index in [0.717, 1.165) is 16.3 Å². The number of ether oxygens (including phenoxy) is 1. The normalized spacial score (nSPS) is 10.5. The molecule has 0 amide bonds. The maximum atomic E-state index is 11.2. The fraction of sp³-hybridized carbons (Fsp3) is 0.231. The zero-order valence-electron chi connectivity index (χ0n) is 9.44. The highest BCUT2D eigenvalue weighted by molar-refractivity contribution is 6.32. The van der Waals surface area contributed by atoms with Crippen LogP contribution in [0.5, 0.6) is 0 Å². The number of nitrogens with zero attached hydrogens (tertiary/aromatic N) is 1. The highest BCUT2D eigenvalue weighted by atomic mass is 35.5. The molecule has 0 atom stereocenters. The van der Waals surface area contributed by atoms with Crippen LogP contribution in [0.4, 0.5) is 0 Å². The Bertz CT molecular complexity index is 554. The minimum Gasteiger partial charge on any atom is -0.469 e. The van der Waals surface area contributed by atoms with Gasteiger partial charge in [0.05, 0.1) is 7.11 Å². The van der Waals surface area contributed by atoms with Gasteiger partial charge in [-0.05, 0) is 29.5 Å². The molecule has 0 N–H and O–H groups in total. The Morgan fingerprint density at radius 3 is 3.00 bits per heavy atom. The topological polar surface area (TPSA) is 39.2 Å². The number of halogens is 1. The molecule has 1 heterocycles. The lowest BCUT2D eigenvalue weighted by Gasteiger charge is -2.07. The van der Waals surface area contributed by atoms with Gasteiger partial charge in [-0.1, -0.05) is 17.7 Å². The number of methoxy groups -OCH3 is 1. The minimum atomic E-state index is -0.230. The highest BCUT2D eigenvalue weighted by Crippen LogP contribution is 2.26. The van der Waals surface area contributed by atoms with Crippen molar-refractivity contribution in [1.29, 1.82) is 0 Å². The first-order valence-electron chi connectivity index (χ1n) is 5.30. The van der Waals surface area contributed by atoms with E-state index in [0.29, 0.717) is 17.9 Å². The van der Waals surface area contributed by atoms with Crippen molar-refractivity contribution in [1.82, 2.24) is 4.98 Å². The van der Waals surface area contributed by atoms with Crippen LogP contribution in [0.25, 0.3) is 10.8 Å². The van der Waals surface area contributed by atoms with Gasteiger partial charge in [-0.3, -0.25) is 9.78 Å². The summed E-state index contributed by atoms with van der Waals surface area (Å²) in [7, 11) is 1.39. The number of carbonyl (C=O) groups excluding carboxylic acids is 1. The summed E-state index contributed by atoms with van der Waals surface area (Å²) < 4.78 is 4.63. The maximum absolute atomic E-state index is 11.2. The van der Waals surface area contributed by atoms with E-state index in [2.05, 4.69) is 9.72 Å². The largest absolute Gasteiger partial charge is 0.469 e. The lowest BCUT2D eigenvalue weighted by atomic mass is 10.0. The lowest BCUT2D eigenvalue weighted by Crippen LogP contribution is -2.02. The number of esters is 1. The number of aryl methyl sites for hydroxylation is 1. The Morgan fingerprint density at radius 1 is 1.41 bits per heavy atom. The molecule has 0 fully saturated rings. The van der Waals surface area contributed by atoms with Crippen LogP contribution in [0.15, 0.2) is 30.6 Å². The van der Waals surface area contributed by atoms with Gasteiger partial charge in [0.25, 0.3) is 0 Å². The minimum absolute atomic E-state index is 0.230. The smallest absolute Gasteiger partial charge is 0.305 e. The van der Waals surface area contributed by atoms with E-state index in [1.165, 1.54) is 7.11 Å². The first-order valence-corrected chi connectivity index (χ1v) is 5.68.